The van der Waals surface area contributed by atoms with Crippen LogP contribution in [-0.4, -0.2) is 43.1 Å². The highest BCUT2D eigenvalue weighted by Crippen LogP contribution is 2.11. The Hall–Kier alpha value is -3.06. The Morgan fingerprint density at radius 2 is 1.70 bits per heavy atom. The van der Waals surface area contributed by atoms with Gasteiger partial charge in [-0.15, -0.1) is 0 Å². The smallest absolute Gasteiger partial charge is 0.319 e. The van der Waals surface area contributed by atoms with E-state index < -0.39 is 6.03 Å². The highest BCUT2D eigenvalue weighted by Gasteiger charge is 2.06. The van der Waals surface area contributed by atoms with Crippen LogP contribution in [0.15, 0.2) is 54.6 Å². The number of nitrogens with two attached hydrogens (primary N) is 1. The largest absolute Gasteiger partial charge is 0.351 e. The molecule has 0 saturated carbocycles. The number of urea groups is 2. The van der Waals surface area contributed by atoms with Crippen LogP contribution in [0, 0.1) is 0 Å². The Balaban J connectivity index is 1.72. The van der Waals surface area contributed by atoms with E-state index in [1.165, 1.54) is 0 Å². The molecule has 0 unspecified atom stereocenters. The number of anilines is 2. The molecular weight excluding hydrogens is 342 g/mol. The van der Waals surface area contributed by atoms with Crippen LogP contribution in [0.2, 0.25) is 0 Å². The van der Waals surface area contributed by atoms with Crippen LogP contribution in [0.5, 0.6) is 0 Å². The van der Waals surface area contributed by atoms with Gasteiger partial charge in [0, 0.05) is 31.0 Å². The second-order valence-corrected chi connectivity index (χ2v) is 6.12. The fourth-order valence-corrected chi connectivity index (χ4v) is 2.69. The number of likely N-dealkylation sites (N-methyl/N-ethyl adjacent to an activating group) is 1. The van der Waals surface area contributed by atoms with E-state index in [4.69, 9.17) is 5.73 Å². The predicted molar refractivity (Wildman–Crippen MR) is 109 cm³/mol. The molecule has 0 aliphatic carbocycles. The molecule has 0 aliphatic rings. The number of nitrogens with zero attached hydrogens (tertiary/aromatic N) is 1. The lowest BCUT2D eigenvalue weighted by Gasteiger charge is -2.20. The molecule has 2 aromatic carbocycles. The van der Waals surface area contributed by atoms with Crippen molar-refractivity contribution in [3.8, 4) is 0 Å². The third-order valence-corrected chi connectivity index (χ3v) is 4.10. The highest BCUT2D eigenvalue weighted by atomic mass is 16.2. The third-order valence-electron chi connectivity index (χ3n) is 4.10. The topological polar surface area (TPSA) is 99.5 Å². The molecule has 4 amide bonds. The van der Waals surface area contributed by atoms with E-state index in [-0.39, 0.29) is 6.03 Å². The lowest BCUT2D eigenvalue weighted by molar-refractivity contribution is 0.247. The number of carbonyl (C=O) groups excluding carboxylic acids is 2. The summed E-state index contributed by atoms with van der Waals surface area (Å²) in [7, 11) is 0. The van der Waals surface area contributed by atoms with Crippen molar-refractivity contribution in [3.05, 3.63) is 60.2 Å². The van der Waals surface area contributed by atoms with Crippen molar-refractivity contribution in [2.45, 2.75) is 13.3 Å². The van der Waals surface area contributed by atoms with Gasteiger partial charge in [-0.3, -0.25) is 0 Å². The first-order valence-electron chi connectivity index (χ1n) is 9.04. The highest BCUT2D eigenvalue weighted by molar-refractivity contribution is 5.89. The van der Waals surface area contributed by atoms with E-state index in [2.05, 4.69) is 27.8 Å². The Morgan fingerprint density at radius 3 is 2.41 bits per heavy atom. The number of primary amides is 1. The predicted octanol–water partition coefficient (Wildman–Crippen LogP) is 2.86. The van der Waals surface area contributed by atoms with Crippen LogP contribution >= 0.6 is 0 Å². The first-order valence-corrected chi connectivity index (χ1v) is 9.04. The Bertz CT molecular complexity index is 736. The van der Waals surface area contributed by atoms with Crippen LogP contribution < -0.4 is 21.7 Å². The van der Waals surface area contributed by atoms with Gasteiger partial charge in [-0.05, 0) is 42.8 Å². The second kappa shape index (κ2) is 10.8. The molecule has 0 aromatic heterocycles. The van der Waals surface area contributed by atoms with E-state index in [9.17, 15) is 9.59 Å². The molecule has 0 bridgehead atoms. The molecule has 0 radical (unpaired) electrons. The molecule has 0 spiro atoms. The molecule has 2 rings (SSSR count). The molecule has 27 heavy (non-hydrogen) atoms. The maximum Gasteiger partial charge on any atom is 0.319 e. The molecule has 7 nitrogen and oxygen atoms in total. The Labute approximate surface area is 159 Å². The van der Waals surface area contributed by atoms with Gasteiger partial charge in [-0.1, -0.05) is 37.3 Å². The molecule has 7 heteroatoms. The molecule has 5 N–H and O–H groups in total. The minimum Gasteiger partial charge on any atom is -0.351 e. The van der Waals surface area contributed by atoms with E-state index in [1.54, 1.807) is 6.07 Å². The van der Waals surface area contributed by atoms with E-state index >= 15 is 0 Å². The van der Waals surface area contributed by atoms with Crippen molar-refractivity contribution < 1.29 is 9.59 Å². The van der Waals surface area contributed by atoms with Gasteiger partial charge < -0.3 is 26.6 Å². The molecule has 0 atom stereocenters. The number of hydrogen-bond donors (Lipinski definition) is 4. The zero-order valence-corrected chi connectivity index (χ0v) is 15.6. The van der Waals surface area contributed by atoms with Gasteiger partial charge in [0.25, 0.3) is 0 Å². The Kier molecular flexibility index (Phi) is 8.12. The number of hydrogen-bond acceptors (Lipinski definition) is 3. The minimum atomic E-state index is -0.567. The third kappa shape index (κ3) is 7.79. The van der Waals surface area contributed by atoms with Crippen LogP contribution in [0.25, 0.3) is 0 Å². The van der Waals surface area contributed by atoms with Crippen molar-refractivity contribution in [3.63, 3.8) is 0 Å². The van der Waals surface area contributed by atoms with Gasteiger partial charge in [0.2, 0.25) is 0 Å². The number of para-hydroxylation sites is 1. The van der Waals surface area contributed by atoms with Crippen molar-refractivity contribution >= 4 is 23.4 Å². The Morgan fingerprint density at radius 1 is 0.963 bits per heavy atom. The summed E-state index contributed by atoms with van der Waals surface area (Å²) in [5, 5.41) is 8.26. The van der Waals surface area contributed by atoms with Crippen molar-refractivity contribution in [2.24, 2.45) is 5.73 Å². The van der Waals surface area contributed by atoms with E-state index in [0.717, 1.165) is 37.3 Å². The van der Waals surface area contributed by atoms with E-state index in [1.807, 2.05) is 48.5 Å². The lowest BCUT2D eigenvalue weighted by atomic mass is 10.1. The second-order valence-electron chi connectivity index (χ2n) is 6.12. The SMILES string of the molecule is CCN(CCNC(=O)Nc1ccccc1)CCc1cccc(NC(N)=O)c1. The maximum atomic E-state index is 11.9. The summed E-state index contributed by atoms with van der Waals surface area (Å²) in [6.07, 6.45) is 0.846. The monoisotopic (exact) mass is 369 g/mol. The normalized spacial score (nSPS) is 10.4. The minimum absolute atomic E-state index is 0.206. The molecule has 2 aromatic rings. The van der Waals surface area contributed by atoms with Crippen molar-refractivity contribution in [1.29, 1.82) is 0 Å². The molecular formula is C20H27N5O2. The summed E-state index contributed by atoms with van der Waals surface area (Å²) in [5.74, 6) is 0. The summed E-state index contributed by atoms with van der Waals surface area (Å²) in [4.78, 5) is 25.1. The lowest BCUT2D eigenvalue weighted by Crippen LogP contribution is -2.37. The van der Waals surface area contributed by atoms with Gasteiger partial charge in [0.1, 0.15) is 0 Å². The number of carbonyl (C=O) groups is 2. The number of amides is 4. The first kappa shape index (κ1) is 20.3. The standard InChI is InChI=1S/C20H27N5O2/c1-2-25(13-11-16-7-6-10-18(15-16)23-19(21)26)14-12-22-20(27)24-17-8-4-3-5-9-17/h3-10,15H,2,11-14H2,1H3,(H3,21,23,26)(H2,22,24,27). The van der Waals surface area contributed by atoms with E-state index in [0.29, 0.717) is 12.2 Å². The fourth-order valence-electron chi connectivity index (χ4n) is 2.69. The fraction of sp³-hybridized carbons (Fsp3) is 0.300. The van der Waals surface area contributed by atoms with Gasteiger partial charge in [-0.25, -0.2) is 9.59 Å². The van der Waals surface area contributed by atoms with Crippen LogP contribution in [0.3, 0.4) is 0 Å². The maximum absolute atomic E-state index is 11.9. The number of benzene rings is 2. The summed E-state index contributed by atoms with van der Waals surface area (Å²) in [6.45, 7) is 5.17. The number of nitrogens with one attached hydrogen (secondary N) is 3. The zero-order chi connectivity index (χ0) is 19.5. The van der Waals surface area contributed by atoms with Crippen LogP contribution in [0.4, 0.5) is 21.0 Å². The summed E-state index contributed by atoms with van der Waals surface area (Å²) in [6, 6.07) is 16.2. The summed E-state index contributed by atoms with van der Waals surface area (Å²) in [5.41, 5.74) is 7.73. The number of rotatable bonds is 9. The van der Waals surface area contributed by atoms with Crippen molar-refractivity contribution in [1.82, 2.24) is 10.2 Å². The van der Waals surface area contributed by atoms with Gasteiger partial charge in [-0.2, -0.15) is 0 Å². The zero-order valence-electron chi connectivity index (χ0n) is 15.6. The van der Waals surface area contributed by atoms with Crippen LogP contribution in [0.1, 0.15) is 12.5 Å². The molecule has 0 saturated heterocycles. The van der Waals surface area contributed by atoms with Gasteiger partial charge in [0.15, 0.2) is 0 Å². The average Bonchev–Trinajstić information content (AvgIpc) is 2.65. The van der Waals surface area contributed by atoms with Gasteiger partial charge in [0.05, 0.1) is 0 Å². The van der Waals surface area contributed by atoms with Crippen molar-refractivity contribution in [2.75, 3.05) is 36.8 Å². The molecule has 0 heterocycles. The molecule has 0 aliphatic heterocycles. The quantitative estimate of drug-likeness (QED) is 0.547. The average molecular weight is 369 g/mol. The first-order chi connectivity index (χ1) is 13.1. The van der Waals surface area contributed by atoms with Crippen LogP contribution in [-0.2, 0) is 6.42 Å². The molecule has 0 fully saturated rings. The summed E-state index contributed by atoms with van der Waals surface area (Å²) < 4.78 is 0. The van der Waals surface area contributed by atoms with Gasteiger partial charge >= 0.3 is 12.1 Å². The molecule has 144 valence electrons. The summed E-state index contributed by atoms with van der Waals surface area (Å²) >= 11 is 0.